The smallest absolute Gasteiger partial charge is 0.315 e. The first kappa shape index (κ1) is 17.3. The Morgan fingerprint density at radius 1 is 1.00 bits per heavy atom. The van der Waals surface area contributed by atoms with Crippen LogP contribution in [0, 0.1) is 0 Å². The Bertz CT molecular complexity index is 593. The predicted octanol–water partition coefficient (Wildman–Crippen LogP) is 2.56. The Hall–Kier alpha value is -2.06. The quantitative estimate of drug-likeness (QED) is 0.393. The molecule has 0 spiro atoms. The third-order valence-electron chi connectivity index (χ3n) is 3.09. The highest BCUT2D eigenvalue weighted by Crippen LogP contribution is 2.18. The van der Waals surface area contributed by atoms with Crippen LogP contribution < -0.4 is 16.5 Å². The number of nitrogens with two attached hydrogens (primary N) is 1. The zero-order valence-corrected chi connectivity index (χ0v) is 13.3. The van der Waals surface area contributed by atoms with Crippen molar-refractivity contribution in [2.75, 3.05) is 6.54 Å². The van der Waals surface area contributed by atoms with Crippen LogP contribution in [-0.2, 0) is 22.3 Å². The fraction of sp³-hybridized carbons (Fsp3) is 0.188. The van der Waals surface area contributed by atoms with E-state index in [1.807, 2.05) is 54.6 Å². The van der Waals surface area contributed by atoms with Gasteiger partial charge >= 0.3 is 6.03 Å². The first-order valence-electron chi connectivity index (χ1n) is 7.12. The van der Waals surface area contributed by atoms with Crippen LogP contribution in [0.1, 0.15) is 11.1 Å². The maximum atomic E-state index is 11.7. The van der Waals surface area contributed by atoms with Crippen molar-refractivity contribution >= 4 is 18.1 Å². The summed E-state index contributed by atoms with van der Waals surface area (Å²) in [7, 11) is 0. The van der Waals surface area contributed by atoms with E-state index in [1.54, 1.807) is 0 Å². The summed E-state index contributed by atoms with van der Waals surface area (Å²) in [5.41, 5.74) is 2.19. The maximum Gasteiger partial charge on any atom is 0.315 e. The normalized spacial score (nSPS) is 10.3. The van der Waals surface area contributed by atoms with Gasteiger partial charge in [-0.25, -0.2) is 4.79 Å². The first-order valence-corrected chi connectivity index (χ1v) is 7.87. The van der Waals surface area contributed by atoms with Crippen LogP contribution in [0.3, 0.4) is 0 Å². The minimum absolute atomic E-state index is 0.181. The summed E-state index contributed by atoms with van der Waals surface area (Å²) in [6.07, 6.45) is 0.809. The van der Waals surface area contributed by atoms with Crippen molar-refractivity contribution < 1.29 is 14.1 Å². The molecular weight excluding hydrogens is 314 g/mol. The number of amides is 2. The van der Waals surface area contributed by atoms with Crippen molar-refractivity contribution in [2.45, 2.75) is 17.9 Å². The van der Waals surface area contributed by atoms with Crippen LogP contribution in [0.2, 0.25) is 0 Å². The largest absolute Gasteiger partial charge is 0.338 e. The summed E-state index contributed by atoms with van der Waals surface area (Å²) in [6, 6.07) is 17.4. The second-order valence-corrected chi connectivity index (χ2v) is 5.51. The van der Waals surface area contributed by atoms with E-state index in [-0.39, 0.29) is 6.03 Å². The number of hydrogen-bond donors (Lipinski definition) is 3. The monoisotopic (exact) mass is 333 g/mol. The Balaban J connectivity index is 1.65. The lowest BCUT2D eigenvalue weighted by atomic mass is 10.1. The van der Waals surface area contributed by atoms with E-state index in [4.69, 9.17) is 5.90 Å². The molecule has 0 atom stereocenters. The number of rotatable bonds is 8. The summed E-state index contributed by atoms with van der Waals surface area (Å²) in [6.45, 7) is 1.05. The van der Waals surface area contributed by atoms with Crippen molar-refractivity contribution in [1.29, 1.82) is 0 Å². The van der Waals surface area contributed by atoms with Crippen LogP contribution in [0.25, 0.3) is 0 Å². The second kappa shape index (κ2) is 9.86. The molecule has 0 saturated heterocycles. The standard InChI is InChI=1S/C16H19N3O3S/c17-21-22-23-15-8-6-14(7-9-15)12-19-16(20)18-11-10-13-4-2-1-3-5-13/h1-9H,10-12,17H2,(H2,18,19,20). The van der Waals surface area contributed by atoms with Gasteiger partial charge in [0.15, 0.2) is 0 Å². The number of carbonyl (C=O) groups is 1. The molecule has 0 fully saturated rings. The van der Waals surface area contributed by atoms with Crippen LogP contribution >= 0.6 is 12.0 Å². The minimum Gasteiger partial charge on any atom is -0.338 e. The van der Waals surface area contributed by atoms with Crippen LogP contribution in [0.15, 0.2) is 59.5 Å². The molecule has 2 rings (SSSR count). The van der Waals surface area contributed by atoms with Gasteiger partial charge in [0.05, 0.1) is 12.0 Å². The topological polar surface area (TPSA) is 85.6 Å². The molecule has 0 aromatic heterocycles. The molecule has 0 radical (unpaired) electrons. The minimum atomic E-state index is -0.181. The third-order valence-corrected chi connectivity index (χ3v) is 3.70. The second-order valence-electron chi connectivity index (χ2n) is 4.74. The molecule has 6 nitrogen and oxygen atoms in total. The Labute approximate surface area is 139 Å². The van der Waals surface area contributed by atoms with Gasteiger partial charge < -0.3 is 10.6 Å². The molecule has 122 valence electrons. The lowest BCUT2D eigenvalue weighted by Crippen LogP contribution is -2.36. The number of carbonyl (C=O) groups excluding carboxylic acids is 1. The molecule has 7 heteroatoms. The van der Waals surface area contributed by atoms with Gasteiger partial charge in [-0.05, 0) is 29.7 Å². The van der Waals surface area contributed by atoms with Crippen molar-refractivity contribution in [1.82, 2.24) is 10.6 Å². The van der Waals surface area contributed by atoms with Crippen LogP contribution in [-0.4, -0.2) is 12.6 Å². The lowest BCUT2D eigenvalue weighted by molar-refractivity contribution is -0.195. The van der Waals surface area contributed by atoms with Crippen LogP contribution in [0.5, 0.6) is 0 Å². The van der Waals surface area contributed by atoms with Gasteiger partial charge in [-0.15, -0.1) is 9.32 Å². The summed E-state index contributed by atoms with van der Waals surface area (Å²) in [4.78, 5) is 16.6. The molecule has 0 saturated carbocycles. The zero-order valence-electron chi connectivity index (χ0n) is 12.5. The number of hydrogen-bond acceptors (Lipinski definition) is 5. The number of nitrogens with one attached hydrogen (secondary N) is 2. The van der Waals surface area contributed by atoms with Crippen molar-refractivity contribution in [3.05, 3.63) is 65.7 Å². The molecule has 4 N–H and O–H groups in total. The molecule has 0 heterocycles. The molecule has 0 aliphatic carbocycles. The molecule has 0 aliphatic rings. The summed E-state index contributed by atoms with van der Waals surface area (Å²) >= 11 is 1.02. The van der Waals surface area contributed by atoms with Gasteiger partial charge in [0.1, 0.15) is 0 Å². The van der Waals surface area contributed by atoms with Gasteiger partial charge in [0.25, 0.3) is 0 Å². The average molecular weight is 333 g/mol. The summed E-state index contributed by atoms with van der Waals surface area (Å²) in [5.74, 6) is 4.77. The van der Waals surface area contributed by atoms with Crippen molar-refractivity contribution in [3.8, 4) is 0 Å². The highest BCUT2D eigenvalue weighted by Gasteiger charge is 2.01. The zero-order chi connectivity index (χ0) is 16.3. The van der Waals surface area contributed by atoms with Crippen molar-refractivity contribution in [3.63, 3.8) is 0 Å². The Morgan fingerprint density at radius 3 is 2.43 bits per heavy atom. The molecule has 2 aromatic rings. The molecule has 0 bridgehead atoms. The van der Waals surface area contributed by atoms with E-state index in [0.29, 0.717) is 13.1 Å². The fourth-order valence-corrected chi connectivity index (χ4v) is 2.30. The lowest BCUT2D eigenvalue weighted by Gasteiger charge is -2.08. The highest BCUT2D eigenvalue weighted by atomic mass is 32.2. The predicted molar refractivity (Wildman–Crippen MR) is 89.0 cm³/mol. The van der Waals surface area contributed by atoms with Gasteiger partial charge in [-0.2, -0.15) is 5.90 Å². The van der Waals surface area contributed by atoms with Gasteiger partial charge in [0, 0.05) is 18.0 Å². The Kier molecular flexibility index (Phi) is 7.41. The summed E-state index contributed by atoms with van der Waals surface area (Å²) in [5, 5.41) is 5.65. The van der Waals surface area contributed by atoms with Crippen molar-refractivity contribution in [2.24, 2.45) is 5.90 Å². The van der Waals surface area contributed by atoms with E-state index in [9.17, 15) is 4.79 Å². The average Bonchev–Trinajstić information content (AvgIpc) is 2.60. The van der Waals surface area contributed by atoms with E-state index < -0.39 is 0 Å². The maximum absolute atomic E-state index is 11.7. The van der Waals surface area contributed by atoms with Crippen LogP contribution in [0.4, 0.5) is 4.79 Å². The molecular formula is C16H19N3O3S. The molecule has 2 amide bonds. The molecule has 23 heavy (non-hydrogen) atoms. The van der Waals surface area contributed by atoms with E-state index in [0.717, 1.165) is 28.9 Å². The summed E-state index contributed by atoms with van der Waals surface area (Å²) < 4.78 is 4.55. The third kappa shape index (κ3) is 6.70. The first-order chi connectivity index (χ1) is 11.3. The van der Waals surface area contributed by atoms with E-state index in [2.05, 4.69) is 20.0 Å². The van der Waals surface area contributed by atoms with E-state index in [1.165, 1.54) is 5.56 Å². The molecule has 0 aliphatic heterocycles. The Morgan fingerprint density at radius 2 is 1.74 bits per heavy atom. The van der Waals surface area contributed by atoms with E-state index >= 15 is 0 Å². The van der Waals surface area contributed by atoms with Gasteiger partial charge in [-0.1, -0.05) is 42.5 Å². The molecule has 0 unspecified atom stereocenters. The van der Waals surface area contributed by atoms with Gasteiger partial charge in [-0.3, -0.25) is 0 Å². The SMILES string of the molecule is NOOSc1ccc(CNC(=O)NCCc2ccccc2)cc1. The fourth-order valence-electron chi connectivity index (χ4n) is 1.93. The molecule has 2 aromatic carbocycles. The number of urea groups is 1. The van der Waals surface area contributed by atoms with Gasteiger partial charge in [0.2, 0.25) is 0 Å². The highest BCUT2D eigenvalue weighted by molar-refractivity contribution is 7.94. The number of benzene rings is 2.